The van der Waals surface area contributed by atoms with Gasteiger partial charge in [0.15, 0.2) is 0 Å². The van der Waals surface area contributed by atoms with E-state index in [1.54, 1.807) is 42.5 Å². The largest absolute Gasteiger partial charge is 0.339 e. The quantitative estimate of drug-likeness (QED) is 0.601. The Morgan fingerprint density at radius 2 is 1.77 bits per heavy atom. The summed E-state index contributed by atoms with van der Waals surface area (Å²) in [6.45, 7) is 5.97. The fraction of sp³-hybridized carbons (Fsp3) is 0.409. The van der Waals surface area contributed by atoms with E-state index < -0.39 is 5.69 Å². The van der Waals surface area contributed by atoms with Gasteiger partial charge in [-0.2, -0.15) is 0 Å². The van der Waals surface area contributed by atoms with E-state index >= 15 is 0 Å². The third kappa shape index (κ3) is 4.11. The molecule has 4 rings (SSSR count). The summed E-state index contributed by atoms with van der Waals surface area (Å²) >= 11 is 1.78. The Hall–Kier alpha value is -2.71. The fourth-order valence-corrected chi connectivity index (χ4v) is 4.68. The molecule has 30 heavy (non-hydrogen) atoms. The molecule has 1 fully saturated rings. The lowest BCUT2D eigenvalue weighted by Crippen LogP contribution is -2.51. The van der Waals surface area contributed by atoms with Crippen molar-refractivity contribution >= 4 is 28.1 Å². The van der Waals surface area contributed by atoms with Gasteiger partial charge < -0.3 is 4.90 Å². The van der Waals surface area contributed by atoms with E-state index in [0.717, 1.165) is 26.1 Å². The van der Waals surface area contributed by atoms with Crippen LogP contribution in [0.15, 0.2) is 51.4 Å². The maximum Gasteiger partial charge on any atom is 0.331 e. The topological polar surface area (TPSA) is 67.6 Å². The number of benzene rings is 1. The molecule has 0 saturated carbocycles. The van der Waals surface area contributed by atoms with E-state index in [0.29, 0.717) is 24.0 Å². The molecule has 0 unspecified atom stereocenters. The molecule has 3 aromatic rings. The van der Waals surface area contributed by atoms with Crippen molar-refractivity contribution in [3.63, 3.8) is 0 Å². The Kier molecular flexibility index (Phi) is 6.15. The number of carbonyl (C=O) groups excluding carboxylic acids is 1. The molecule has 8 heteroatoms. The summed E-state index contributed by atoms with van der Waals surface area (Å²) in [5.41, 5.74) is -0.217. The van der Waals surface area contributed by atoms with Crippen LogP contribution in [0.3, 0.4) is 0 Å². The average molecular weight is 427 g/mol. The molecule has 1 aliphatic heterocycles. The lowest BCUT2D eigenvalue weighted by molar-refractivity contribution is -0.133. The van der Waals surface area contributed by atoms with E-state index in [9.17, 15) is 14.4 Å². The molecule has 3 heterocycles. The molecule has 0 N–H and O–H groups in total. The molecule has 1 amide bonds. The summed E-state index contributed by atoms with van der Waals surface area (Å²) in [4.78, 5) is 43.9. The summed E-state index contributed by atoms with van der Waals surface area (Å²) < 4.78 is 2.63. The van der Waals surface area contributed by atoms with Gasteiger partial charge in [-0.05, 0) is 36.9 Å². The van der Waals surface area contributed by atoms with Gasteiger partial charge in [0.1, 0.15) is 6.54 Å². The average Bonchev–Trinajstić information content (AvgIpc) is 3.29. The first kappa shape index (κ1) is 20.6. The molecule has 2 aromatic heterocycles. The van der Waals surface area contributed by atoms with Gasteiger partial charge in [0, 0.05) is 44.1 Å². The van der Waals surface area contributed by atoms with Crippen molar-refractivity contribution in [3.8, 4) is 0 Å². The van der Waals surface area contributed by atoms with Crippen LogP contribution in [0.4, 0.5) is 0 Å². The second-order valence-corrected chi connectivity index (χ2v) is 8.52. The zero-order valence-corrected chi connectivity index (χ0v) is 17.9. The zero-order valence-electron chi connectivity index (χ0n) is 17.1. The Balaban J connectivity index is 1.45. The predicted octanol–water partition coefficient (Wildman–Crippen LogP) is 1.63. The van der Waals surface area contributed by atoms with Crippen LogP contribution in [0.25, 0.3) is 10.9 Å². The summed E-state index contributed by atoms with van der Waals surface area (Å²) in [7, 11) is 0. The van der Waals surface area contributed by atoms with Crippen molar-refractivity contribution in [1.82, 2.24) is 18.9 Å². The van der Waals surface area contributed by atoms with Gasteiger partial charge in [-0.25, -0.2) is 4.79 Å². The number of nitrogens with zero attached hydrogens (tertiary/aromatic N) is 4. The molecule has 7 nitrogen and oxygen atoms in total. The van der Waals surface area contributed by atoms with Crippen LogP contribution >= 0.6 is 11.3 Å². The molecule has 0 bridgehead atoms. The second-order valence-electron chi connectivity index (χ2n) is 7.49. The lowest BCUT2D eigenvalue weighted by Gasteiger charge is -2.34. The first-order chi connectivity index (χ1) is 14.6. The molecular weight excluding hydrogens is 400 g/mol. The number of hydrogen-bond donors (Lipinski definition) is 0. The number of para-hydroxylation sites is 1. The minimum absolute atomic E-state index is 0.0468. The normalized spacial score (nSPS) is 15.0. The first-order valence-corrected chi connectivity index (χ1v) is 11.2. The number of rotatable bonds is 6. The summed E-state index contributed by atoms with van der Waals surface area (Å²) in [5.74, 6) is -0.0820. The van der Waals surface area contributed by atoms with Crippen molar-refractivity contribution in [2.45, 2.75) is 26.4 Å². The highest BCUT2D eigenvalue weighted by Crippen LogP contribution is 2.12. The predicted molar refractivity (Wildman–Crippen MR) is 119 cm³/mol. The molecule has 1 aromatic carbocycles. The SMILES string of the molecule is CCn1c(=O)c2ccccc2n(CC(=O)N2CCN(CCc3cccs3)CC2)c1=O. The van der Waals surface area contributed by atoms with Gasteiger partial charge in [-0.3, -0.25) is 23.6 Å². The van der Waals surface area contributed by atoms with Gasteiger partial charge in [-0.1, -0.05) is 18.2 Å². The third-order valence-electron chi connectivity index (χ3n) is 5.72. The van der Waals surface area contributed by atoms with Crippen molar-refractivity contribution in [2.75, 3.05) is 32.7 Å². The van der Waals surface area contributed by atoms with Crippen molar-refractivity contribution < 1.29 is 4.79 Å². The van der Waals surface area contributed by atoms with Crippen molar-refractivity contribution in [2.24, 2.45) is 0 Å². The summed E-state index contributed by atoms with van der Waals surface area (Å²) in [6, 6.07) is 11.2. The van der Waals surface area contributed by atoms with E-state index in [-0.39, 0.29) is 24.6 Å². The lowest BCUT2D eigenvalue weighted by atomic mass is 10.2. The Bertz CT molecular complexity index is 1140. The Labute approximate surface area is 178 Å². The van der Waals surface area contributed by atoms with E-state index in [2.05, 4.69) is 22.4 Å². The van der Waals surface area contributed by atoms with Crippen LogP contribution in [-0.2, 0) is 24.3 Å². The Morgan fingerprint density at radius 1 is 1.00 bits per heavy atom. The number of aromatic nitrogens is 2. The Morgan fingerprint density at radius 3 is 2.47 bits per heavy atom. The number of thiophene rings is 1. The van der Waals surface area contributed by atoms with Crippen LogP contribution < -0.4 is 11.2 Å². The summed E-state index contributed by atoms with van der Waals surface area (Å²) in [6.07, 6.45) is 1.03. The monoisotopic (exact) mass is 426 g/mol. The molecule has 1 saturated heterocycles. The van der Waals surface area contributed by atoms with Crippen LogP contribution in [0.1, 0.15) is 11.8 Å². The maximum atomic E-state index is 13.0. The molecular formula is C22H26N4O3S. The third-order valence-corrected chi connectivity index (χ3v) is 6.66. The highest BCUT2D eigenvalue weighted by atomic mass is 32.1. The molecule has 0 aliphatic carbocycles. The minimum atomic E-state index is -0.427. The number of amides is 1. The van der Waals surface area contributed by atoms with Crippen molar-refractivity contribution in [1.29, 1.82) is 0 Å². The summed E-state index contributed by atoms with van der Waals surface area (Å²) in [5, 5.41) is 2.56. The molecule has 0 atom stereocenters. The number of piperazine rings is 1. The standard InChI is InChI=1S/C22H26N4O3S/c1-2-25-21(28)18-7-3-4-8-19(18)26(22(25)29)16-20(27)24-13-11-23(12-14-24)10-9-17-6-5-15-30-17/h3-8,15H,2,9-14,16H2,1H3. The molecule has 158 valence electrons. The van der Waals surface area contributed by atoms with Crippen LogP contribution in [0, 0.1) is 0 Å². The number of carbonyl (C=O) groups is 1. The van der Waals surface area contributed by atoms with Gasteiger partial charge in [-0.15, -0.1) is 11.3 Å². The van der Waals surface area contributed by atoms with Crippen LogP contribution in [0.2, 0.25) is 0 Å². The fourth-order valence-electron chi connectivity index (χ4n) is 3.98. The highest BCUT2D eigenvalue weighted by molar-refractivity contribution is 7.09. The van der Waals surface area contributed by atoms with Crippen LogP contribution in [-0.4, -0.2) is 57.6 Å². The number of hydrogen-bond acceptors (Lipinski definition) is 5. The van der Waals surface area contributed by atoms with Crippen LogP contribution in [0.5, 0.6) is 0 Å². The van der Waals surface area contributed by atoms with Gasteiger partial charge in [0.2, 0.25) is 5.91 Å². The second kappa shape index (κ2) is 8.97. The minimum Gasteiger partial charge on any atom is -0.339 e. The maximum absolute atomic E-state index is 13.0. The molecule has 0 radical (unpaired) electrons. The van der Waals surface area contributed by atoms with Crippen molar-refractivity contribution in [3.05, 3.63) is 67.5 Å². The first-order valence-electron chi connectivity index (χ1n) is 10.3. The molecule has 0 spiro atoms. The van der Waals surface area contributed by atoms with E-state index in [1.807, 2.05) is 4.90 Å². The smallest absolute Gasteiger partial charge is 0.331 e. The number of fused-ring (bicyclic) bond motifs is 1. The molecule has 1 aliphatic rings. The van der Waals surface area contributed by atoms with E-state index in [1.165, 1.54) is 14.0 Å². The van der Waals surface area contributed by atoms with Gasteiger partial charge in [0.25, 0.3) is 5.56 Å². The van der Waals surface area contributed by atoms with Gasteiger partial charge >= 0.3 is 5.69 Å². The van der Waals surface area contributed by atoms with Gasteiger partial charge in [0.05, 0.1) is 10.9 Å². The van der Waals surface area contributed by atoms with E-state index in [4.69, 9.17) is 0 Å². The highest BCUT2D eigenvalue weighted by Gasteiger charge is 2.23. The zero-order chi connectivity index (χ0) is 21.1.